The SMILES string of the molecule is CC(C)CNCc1ccc(CN(C)CC2CCCOC2)o1. The van der Waals surface area contributed by atoms with E-state index in [-0.39, 0.29) is 0 Å². The molecule has 2 rings (SSSR count). The highest BCUT2D eigenvalue weighted by molar-refractivity contribution is 5.07. The summed E-state index contributed by atoms with van der Waals surface area (Å²) in [6.07, 6.45) is 2.48. The third-order valence-electron chi connectivity index (χ3n) is 3.82. The lowest BCUT2D eigenvalue weighted by molar-refractivity contribution is 0.0403. The van der Waals surface area contributed by atoms with Crippen molar-refractivity contribution in [1.29, 1.82) is 0 Å². The molecule has 1 aromatic rings. The van der Waals surface area contributed by atoms with Crippen molar-refractivity contribution in [2.24, 2.45) is 11.8 Å². The van der Waals surface area contributed by atoms with Crippen molar-refractivity contribution in [2.45, 2.75) is 39.8 Å². The van der Waals surface area contributed by atoms with Crippen LogP contribution in [-0.2, 0) is 17.8 Å². The first kappa shape index (κ1) is 16.5. The quantitative estimate of drug-likeness (QED) is 0.800. The zero-order chi connectivity index (χ0) is 15.1. The van der Waals surface area contributed by atoms with E-state index in [0.717, 1.165) is 50.9 Å². The van der Waals surface area contributed by atoms with E-state index in [4.69, 9.17) is 9.15 Å². The Balaban J connectivity index is 1.70. The molecular formula is C17H30N2O2. The van der Waals surface area contributed by atoms with Crippen molar-refractivity contribution in [3.63, 3.8) is 0 Å². The summed E-state index contributed by atoms with van der Waals surface area (Å²) >= 11 is 0. The van der Waals surface area contributed by atoms with Crippen LogP contribution in [0.15, 0.2) is 16.5 Å². The number of ether oxygens (including phenoxy) is 1. The number of nitrogens with zero attached hydrogens (tertiary/aromatic N) is 1. The molecule has 1 aliphatic rings. The summed E-state index contributed by atoms with van der Waals surface area (Å²) in [7, 11) is 2.16. The fraction of sp³-hybridized carbons (Fsp3) is 0.765. The van der Waals surface area contributed by atoms with Gasteiger partial charge in [0.05, 0.1) is 19.7 Å². The summed E-state index contributed by atoms with van der Waals surface area (Å²) in [5.41, 5.74) is 0. The van der Waals surface area contributed by atoms with Crippen molar-refractivity contribution < 1.29 is 9.15 Å². The fourth-order valence-corrected chi connectivity index (χ4v) is 2.81. The number of furan rings is 1. The van der Waals surface area contributed by atoms with Crippen LogP contribution in [0.3, 0.4) is 0 Å². The maximum absolute atomic E-state index is 5.89. The average Bonchev–Trinajstić information content (AvgIpc) is 2.86. The molecule has 0 spiro atoms. The first-order valence-corrected chi connectivity index (χ1v) is 8.18. The summed E-state index contributed by atoms with van der Waals surface area (Å²) in [6.45, 7) is 10.1. The summed E-state index contributed by atoms with van der Waals surface area (Å²) in [5, 5.41) is 3.41. The van der Waals surface area contributed by atoms with Gasteiger partial charge in [-0.3, -0.25) is 4.90 Å². The lowest BCUT2D eigenvalue weighted by Crippen LogP contribution is -2.30. The van der Waals surface area contributed by atoms with E-state index in [1.807, 2.05) is 0 Å². The van der Waals surface area contributed by atoms with E-state index >= 15 is 0 Å². The molecule has 2 heterocycles. The lowest BCUT2D eigenvalue weighted by atomic mass is 10.0. The summed E-state index contributed by atoms with van der Waals surface area (Å²) in [4.78, 5) is 2.34. The topological polar surface area (TPSA) is 37.6 Å². The first-order chi connectivity index (χ1) is 10.1. The molecule has 0 saturated carbocycles. The van der Waals surface area contributed by atoms with E-state index < -0.39 is 0 Å². The van der Waals surface area contributed by atoms with E-state index in [2.05, 4.69) is 43.2 Å². The normalized spacial score (nSPS) is 19.6. The summed E-state index contributed by atoms with van der Waals surface area (Å²) in [6, 6.07) is 4.18. The summed E-state index contributed by atoms with van der Waals surface area (Å²) in [5.74, 6) is 3.42. The molecule has 1 N–H and O–H groups in total. The van der Waals surface area contributed by atoms with E-state index in [1.165, 1.54) is 12.8 Å². The highest BCUT2D eigenvalue weighted by Gasteiger charge is 2.16. The second-order valence-electron chi connectivity index (χ2n) is 6.67. The highest BCUT2D eigenvalue weighted by atomic mass is 16.5. The molecule has 120 valence electrons. The van der Waals surface area contributed by atoms with Gasteiger partial charge in [-0.05, 0) is 50.4 Å². The molecule has 1 unspecified atom stereocenters. The van der Waals surface area contributed by atoms with Gasteiger partial charge in [0, 0.05) is 13.2 Å². The average molecular weight is 294 g/mol. The largest absolute Gasteiger partial charge is 0.463 e. The van der Waals surface area contributed by atoms with Crippen molar-refractivity contribution in [3.05, 3.63) is 23.7 Å². The van der Waals surface area contributed by atoms with Crippen molar-refractivity contribution in [1.82, 2.24) is 10.2 Å². The number of hydrogen-bond donors (Lipinski definition) is 1. The first-order valence-electron chi connectivity index (χ1n) is 8.18. The molecule has 0 aliphatic carbocycles. The Hall–Kier alpha value is -0.840. The third kappa shape index (κ3) is 6.20. The number of rotatable bonds is 8. The van der Waals surface area contributed by atoms with Crippen LogP contribution in [0.2, 0.25) is 0 Å². The molecule has 0 radical (unpaired) electrons. The van der Waals surface area contributed by atoms with Crippen molar-refractivity contribution in [3.8, 4) is 0 Å². The van der Waals surface area contributed by atoms with Gasteiger partial charge in [0.25, 0.3) is 0 Å². The second-order valence-corrected chi connectivity index (χ2v) is 6.67. The highest BCUT2D eigenvalue weighted by Crippen LogP contribution is 2.16. The molecule has 0 bridgehead atoms. The molecule has 1 aromatic heterocycles. The smallest absolute Gasteiger partial charge is 0.118 e. The zero-order valence-electron chi connectivity index (χ0n) is 13.7. The number of nitrogens with one attached hydrogen (secondary N) is 1. The molecule has 1 saturated heterocycles. The zero-order valence-corrected chi connectivity index (χ0v) is 13.7. The second kappa shape index (κ2) is 8.57. The molecule has 4 heteroatoms. The Morgan fingerprint density at radius 2 is 2.14 bits per heavy atom. The van der Waals surface area contributed by atoms with Crippen molar-refractivity contribution in [2.75, 3.05) is 33.4 Å². The molecule has 1 fully saturated rings. The molecule has 1 aliphatic heterocycles. The van der Waals surface area contributed by atoms with Gasteiger partial charge in [0.1, 0.15) is 11.5 Å². The van der Waals surface area contributed by atoms with Crippen LogP contribution < -0.4 is 5.32 Å². The van der Waals surface area contributed by atoms with Crippen LogP contribution in [0.5, 0.6) is 0 Å². The van der Waals surface area contributed by atoms with Gasteiger partial charge in [-0.15, -0.1) is 0 Å². The van der Waals surface area contributed by atoms with Crippen LogP contribution in [0.25, 0.3) is 0 Å². The van der Waals surface area contributed by atoms with Crippen LogP contribution in [0, 0.1) is 11.8 Å². The van der Waals surface area contributed by atoms with Crippen LogP contribution in [0.4, 0.5) is 0 Å². The Bertz CT molecular complexity index is 397. The maximum Gasteiger partial charge on any atom is 0.118 e. The Kier molecular flexibility index (Phi) is 6.74. The molecule has 1 atom stereocenters. The van der Waals surface area contributed by atoms with Gasteiger partial charge < -0.3 is 14.5 Å². The monoisotopic (exact) mass is 294 g/mol. The standard InChI is InChI=1S/C17H30N2O2/c1-14(2)9-18-10-16-6-7-17(21-16)12-19(3)11-15-5-4-8-20-13-15/h6-7,14-15,18H,4-5,8-13H2,1-3H3. The third-order valence-corrected chi connectivity index (χ3v) is 3.82. The Morgan fingerprint density at radius 3 is 2.86 bits per heavy atom. The predicted octanol–water partition coefficient (Wildman–Crippen LogP) is 2.88. The summed E-state index contributed by atoms with van der Waals surface area (Å²) < 4.78 is 11.4. The minimum Gasteiger partial charge on any atom is -0.463 e. The predicted molar refractivity (Wildman–Crippen MR) is 85.1 cm³/mol. The fourth-order valence-electron chi connectivity index (χ4n) is 2.81. The van der Waals surface area contributed by atoms with Crippen LogP contribution >= 0.6 is 0 Å². The molecule has 4 nitrogen and oxygen atoms in total. The minimum atomic E-state index is 0.670. The molecule has 0 amide bonds. The molecule has 0 aromatic carbocycles. The van der Waals surface area contributed by atoms with Crippen molar-refractivity contribution >= 4 is 0 Å². The Labute approximate surface area is 128 Å². The van der Waals surface area contributed by atoms with Gasteiger partial charge in [0.2, 0.25) is 0 Å². The van der Waals surface area contributed by atoms with Gasteiger partial charge in [-0.1, -0.05) is 13.8 Å². The lowest BCUT2D eigenvalue weighted by Gasteiger charge is -2.26. The van der Waals surface area contributed by atoms with Gasteiger partial charge in [-0.2, -0.15) is 0 Å². The number of hydrogen-bond acceptors (Lipinski definition) is 4. The van der Waals surface area contributed by atoms with Crippen LogP contribution in [0.1, 0.15) is 38.2 Å². The van der Waals surface area contributed by atoms with Gasteiger partial charge in [0.15, 0.2) is 0 Å². The molecule has 21 heavy (non-hydrogen) atoms. The van der Waals surface area contributed by atoms with E-state index in [1.54, 1.807) is 0 Å². The molecular weight excluding hydrogens is 264 g/mol. The van der Waals surface area contributed by atoms with Gasteiger partial charge >= 0.3 is 0 Å². The maximum atomic E-state index is 5.89. The minimum absolute atomic E-state index is 0.670. The Morgan fingerprint density at radius 1 is 1.33 bits per heavy atom. The van der Waals surface area contributed by atoms with Gasteiger partial charge in [-0.25, -0.2) is 0 Å². The van der Waals surface area contributed by atoms with Crippen LogP contribution in [-0.4, -0.2) is 38.3 Å². The van der Waals surface area contributed by atoms with E-state index in [9.17, 15) is 0 Å². The van der Waals surface area contributed by atoms with E-state index in [0.29, 0.717) is 11.8 Å².